The van der Waals surface area contributed by atoms with Crippen molar-refractivity contribution in [3.05, 3.63) is 0 Å². The van der Waals surface area contributed by atoms with E-state index < -0.39 is 7.23 Å². The summed E-state index contributed by atoms with van der Waals surface area (Å²) >= 11 is 0. The average Bonchev–Trinajstić information content (AvgIpc) is 1.38. The van der Waals surface area contributed by atoms with Crippen LogP contribution in [0.2, 0.25) is 0 Å². The fraction of sp³-hybridized carbons (Fsp3) is 0. The average molecular weight is 132 g/mol. The molecule has 0 rings (SSSR count). The maximum absolute atomic E-state index is 9.35. The van der Waals surface area contributed by atoms with Gasteiger partial charge in [0.2, 0.25) is 0 Å². The van der Waals surface area contributed by atoms with Crippen molar-refractivity contribution in [3.63, 3.8) is 0 Å². The maximum atomic E-state index is 9.35. The van der Waals surface area contributed by atoms with Gasteiger partial charge in [0, 0.05) is 10.7 Å². The Hall–Kier alpha value is 0.700. The topological polar surface area (TPSA) is 37.3 Å². The summed E-state index contributed by atoms with van der Waals surface area (Å²) in [4.78, 5) is 7.70. The Labute approximate surface area is 38.6 Å². The monoisotopic (exact) mass is 131 g/mol. The Balaban J connectivity index is 2.85. The molecular formula is HClO2PS+. The van der Waals surface area contributed by atoms with Gasteiger partial charge in [-0.1, -0.05) is 0 Å². The molecule has 0 aromatic heterocycles. The van der Waals surface area contributed by atoms with E-state index in [9.17, 15) is 4.57 Å². The molecule has 0 aliphatic carbocycles. The molecule has 0 aliphatic heterocycles. The molecule has 1 unspecified atom stereocenters. The highest BCUT2D eigenvalue weighted by Crippen LogP contribution is 2.35. The van der Waals surface area contributed by atoms with Crippen molar-refractivity contribution in [3.8, 4) is 0 Å². The summed E-state index contributed by atoms with van der Waals surface area (Å²) in [5, 5.41) is 0. The van der Waals surface area contributed by atoms with Crippen LogP contribution in [0.3, 0.4) is 0 Å². The van der Waals surface area contributed by atoms with Crippen LogP contribution >= 0.6 is 28.5 Å². The van der Waals surface area contributed by atoms with Crippen molar-refractivity contribution in [2.75, 3.05) is 0 Å². The zero-order chi connectivity index (χ0) is 4.28. The molecule has 0 spiro atoms. The summed E-state index contributed by atoms with van der Waals surface area (Å²) in [6.07, 6.45) is 0. The number of halogens is 1. The molecule has 0 amide bonds. The molecule has 5 heteroatoms. The van der Waals surface area contributed by atoms with Crippen LogP contribution in [-0.4, -0.2) is 4.89 Å². The molecule has 30 valence electrons. The van der Waals surface area contributed by atoms with Crippen molar-refractivity contribution in [2.45, 2.75) is 0 Å². The molecule has 0 saturated heterocycles. The lowest BCUT2D eigenvalue weighted by atomic mass is 15.9. The molecule has 0 aromatic carbocycles. The third-order valence-electron chi connectivity index (χ3n) is 0.0590. The molecule has 0 aromatic rings. The van der Waals surface area contributed by atoms with Gasteiger partial charge in [-0.3, -0.25) is 0 Å². The molecule has 0 saturated carbocycles. The van der Waals surface area contributed by atoms with E-state index in [-0.39, 0.29) is 0 Å². The predicted octanol–water partition coefficient (Wildman–Crippen LogP) is 1.52. The SMILES string of the molecule is O=[P+](O)SCl. The van der Waals surface area contributed by atoms with E-state index >= 15 is 0 Å². The minimum atomic E-state index is -2.17. The minimum Gasteiger partial charge on any atom is -0.150 e. The first-order valence-electron chi connectivity index (χ1n) is 0.719. The zero-order valence-corrected chi connectivity index (χ0v) is 4.56. The van der Waals surface area contributed by atoms with Gasteiger partial charge in [0.25, 0.3) is 10.6 Å². The van der Waals surface area contributed by atoms with Gasteiger partial charge in [0.05, 0.1) is 0 Å². The van der Waals surface area contributed by atoms with E-state index in [0.717, 1.165) is 0 Å². The lowest BCUT2D eigenvalue weighted by molar-refractivity contribution is 0.520. The molecule has 0 radical (unpaired) electrons. The second-order valence-electron chi connectivity index (χ2n) is 0.307. The van der Waals surface area contributed by atoms with Crippen molar-refractivity contribution >= 4 is 28.5 Å². The maximum Gasteiger partial charge on any atom is 0.600 e. The second-order valence-corrected chi connectivity index (χ2v) is 3.51. The summed E-state index contributed by atoms with van der Waals surface area (Å²) in [6.45, 7) is 0. The van der Waals surface area contributed by atoms with Crippen LogP contribution in [0, 0.1) is 0 Å². The summed E-state index contributed by atoms with van der Waals surface area (Å²) < 4.78 is 9.35. The summed E-state index contributed by atoms with van der Waals surface area (Å²) in [6, 6.07) is 0. The van der Waals surface area contributed by atoms with E-state index in [1.54, 1.807) is 0 Å². The Morgan fingerprint density at radius 3 is 2.20 bits per heavy atom. The highest BCUT2D eigenvalue weighted by molar-refractivity contribution is 8.62. The van der Waals surface area contributed by atoms with Crippen molar-refractivity contribution in [2.24, 2.45) is 0 Å². The first-order chi connectivity index (χ1) is 2.27. The smallest absolute Gasteiger partial charge is 0.150 e. The van der Waals surface area contributed by atoms with Crippen molar-refractivity contribution in [1.82, 2.24) is 0 Å². The van der Waals surface area contributed by atoms with Gasteiger partial charge in [-0.15, -0.1) is 4.89 Å². The second kappa shape index (κ2) is 2.91. The Morgan fingerprint density at radius 2 is 2.20 bits per heavy atom. The molecule has 0 bridgehead atoms. The molecule has 5 heavy (non-hydrogen) atoms. The number of rotatable bonds is 1. The summed E-state index contributed by atoms with van der Waals surface area (Å²) in [5.41, 5.74) is 0. The van der Waals surface area contributed by atoms with Crippen LogP contribution < -0.4 is 0 Å². The third kappa shape index (κ3) is 4.70. The normalized spacial score (nSPS) is 11.2. The van der Waals surface area contributed by atoms with Crippen LogP contribution in [0.5, 0.6) is 0 Å². The van der Waals surface area contributed by atoms with Gasteiger partial charge in [-0.25, -0.2) is 0 Å². The molecule has 0 fully saturated rings. The standard InChI is InChI=1S/ClO2PS/c1-5-4(2)3/p+1. The number of hydrogen-bond donors (Lipinski definition) is 1. The molecule has 0 aliphatic rings. The van der Waals surface area contributed by atoms with Crippen LogP contribution in [0.25, 0.3) is 0 Å². The fourth-order valence-electron chi connectivity index (χ4n) is 0. The van der Waals surface area contributed by atoms with Gasteiger partial charge >= 0.3 is 7.23 Å². The summed E-state index contributed by atoms with van der Waals surface area (Å²) in [7, 11) is 2.97. The Kier molecular flexibility index (Phi) is 3.32. The predicted molar refractivity (Wildman–Crippen MR) is 23.3 cm³/mol. The fourth-order valence-corrected chi connectivity index (χ4v) is 0. The van der Waals surface area contributed by atoms with E-state index in [2.05, 4.69) is 0 Å². The molecule has 1 atom stereocenters. The van der Waals surface area contributed by atoms with Crippen molar-refractivity contribution < 1.29 is 9.46 Å². The Morgan fingerprint density at radius 1 is 2.00 bits per heavy atom. The lowest BCUT2D eigenvalue weighted by Gasteiger charge is -1.46. The minimum absolute atomic E-state index is 0.417. The quantitative estimate of drug-likeness (QED) is 0.549. The van der Waals surface area contributed by atoms with Crippen molar-refractivity contribution in [1.29, 1.82) is 0 Å². The highest BCUT2D eigenvalue weighted by atomic mass is 35.7. The van der Waals surface area contributed by atoms with Gasteiger partial charge in [0.15, 0.2) is 0 Å². The Bertz CT molecular complexity index is 44.9. The van der Waals surface area contributed by atoms with Crippen LogP contribution in [0.4, 0.5) is 0 Å². The molecule has 2 nitrogen and oxygen atoms in total. The van der Waals surface area contributed by atoms with Gasteiger partial charge in [-0.05, 0) is 4.57 Å². The largest absolute Gasteiger partial charge is 0.600 e. The lowest BCUT2D eigenvalue weighted by Crippen LogP contribution is -1.28. The van der Waals surface area contributed by atoms with Crippen LogP contribution in [0.1, 0.15) is 0 Å². The van der Waals surface area contributed by atoms with Gasteiger partial charge < -0.3 is 0 Å². The van der Waals surface area contributed by atoms with E-state index in [0.29, 0.717) is 10.6 Å². The van der Waals surface area contributed by atoms with E-state index in [1.165, 1.54) is 0 Å². The molecule has 0 heterocycles. The molecule has 1 N–H and O–H groups in total. The van der Waals surface area contributed by atoms with E-state index in [4.69, 9.17) is 15.6 Å². The zero-order valence-electron chi connectivity index (χ0n) is 2.09. The van der Waals surface area contributed by atoms with Gasteiger partial charge in [0.1, 0.15) is 0 Å². The summed E-state index contributed by atoms with van der Waals surface area (Å²) in [5.74, 6) is 0. The van der Waals surface area contributed by atoms with Crippen LogP contribution in [-0.2, 0) is 4.57 Å². The third-order valence-corrected chi connectivity index (χ3v) is 1.59. The highest BCUT2D eigenvalue weighted by Gasteiger charge is 2.06. The molecular weight excluding hydrogens is 130 g/mol. The first-order valence-corrected chi connectivity index (χ1v) is 4.18. The first kappa shape index (κ1) is 5.70. The van der Waals surface area contributed by atoms with Gasteiger partial charge in [-0.2, -0.15) is 0 Å². The van der Waals surface area contributed by atoms with Crippen LogP contribution in [0.15, 0.2) is 0 Å². The number of hydrogen-bond acceptors (Lipinski definition) is 2. The van der Waals surface area contributed by atoms with E-state index in [1.807, 2.05) is 0 Å².